The molecular formula is C18H20N2O5S. The molecule has 0 aliphatic carbocycles. The fourth-order valence-corrected chi connectivity index (χ4v) is 2.79. The number of benzene rings is 2. The molecule has 8 heteroatoms. The number of sulfonamides is 1. The van der Waals surface area contributed by atoms with Gasteiger partial charge >= 0.3 is 5.97 Å². The lowest BCUT2D eigenvalue weighted by Crippen LogP contribution is -2.22. The number of anilines is 2. The van der Waals surface area contributed by atoms with E-state index in [0.717, 1.165) is 17.4 Å². The summed E-state index contributed by atoms with van der Waals surface area (Å²) < 4.78 is 30.0. The van der Waals surface area contributed by atoms with Crippen molar-refractivity contribution < 1.29 is 22.7 Å². The lowest BCUT2D eigenvalue weighted by Gasteiger charge is -2.12. The zero-order valence-electron chi connectivity index (χ0n) is 14.7. The topological polar surface area (TPSA) is 102 Å². The van der Waals surface area contributed by atoms with Crippen LogP contribution in [0.4, 0.5) is 11.4 Å². The van der Waals surface area contributed by atoms with Crippen molar-refractivity contribution in [2.75, 3.05) is 22.9 Å². The molecule has 0 saturated heterocycles. The Hall–Kier alpha value is -2.87. The minimum absolute atomic E-state index is 0.0254. The maximum Gasteiger partial charge on any atom is 0.340 e. The third-order valence-corrected chi connectivity index (χ3v) is 4.03. The van der Waals surface area contributed by atoms with Gasteiger partial charge in [0.05, 0.1) is 17.5 Å². The zero-order valence-corrected chi connectivity index (χ0v) is 15.5. The lowest BCUT2D eigenvalue weighted by molar-refractivity contribution is -0.119. The highest BCUT2D eigenvalue weighted by Gasteiger charge is 2.16. The molecule has 2 N–H and O–H groups in total. The highest BCUT2D eigenvalue weighted by Crippen LogP contribution is 2.18. The summed E-state index contributed by atoms with van der Waals surface area (Å²) in [4.78, 5) is 24.2. The van der Waals surface area contributed by atoms with E-state index in [-0.39, 0.29) is 11.3 Å². The third-order valence-electron chi connectivity index (χ3n) is 3.44. The van der Waals surface area contributed by atoms with Crippen LogP contribution in [0.15, 0.2) is 42.5 Å². The molecule has 0 unspecified atom stereocenters. The molecule has 138 valence electrons. The summed E-state index contributed by atoms with van der Waals surface area (Å²) in [6.07, 6.45) is 0.979. The summed E-state index contributed by atoms with van der Waals surface area (Å²) in [6, 6.07) is 11.6. The molecule has 0 spiro atoms. The fraction of sp³-hybridized carbons (Fsp3) is 0.222. The van der Waals surface area contributed by atoms with Gasteiger partial charge < -0.3 is 10.1 Å². The first-order valence-corrected chi connectivity index (χ1v) is 9.66. The third kappa shape index (κ3) is 5.59. The van der Waals surface area contributed by atoms with Crippen molar-refractivity contribution in [1.29, 1.82) is 0 Å². The van der Waals surface area contributed by atoms with Gasteiger partial charge in [0.2, 0.25) is 10.0 Å². The molecule has 0 heterocycles. The molecule has 2 aromatic carbocycles. The van der Waals surface area contributed by atoms with E-state index < -0.39 is 28.5 Å². The van der Waals surface area contributed by atoms with Crippen LogP contribution < -0.4 is 10.0 Å². The van der Waals surface area contributed by atoms with Gasteiger partial charge in [-0.15, -0.1) is 0 Å². The molecule has 0 aromatic heterocycles. The average Bonchev–Trinajstić information content (AvgIpc) is 2.55. The number of nitrogens with one attached hydrogen (secondary N) is 2. The van der Waals surface area contributed by atoms with Gasteiger partial charge in [-0.3, -0.25) is 9.52 Å². The summed E-state index contributed by atoms with van der Waals surface area (Å²) in [5, 5.41) is 2.68. The van der Waals surface area contributed by atoms with Gasteiger partial charge in [0.15, 0.2) is 6.61 Å². The number of rotatable bonds is 6. The second kappa shape index (κ2) is 8.01. The molecule has 0 atom stereocenters. The number of hydrogen-bond donors (Lipinski definition) is 2. The van der Waals surface area contributed by atoms with Crippen LogP contribution in [0.5, 0.6) is 0 Å². The van der Waals surface area contributed by atoms with Crippen LogP contribution in [0.25, 0.3) is 0 Å². The average molecular weight is 376 g/mol. The summed E-state index contributed by atoms with van der Waals surface area (Å²) in [7, 11) is -3.55. The van der Waals surface area contributed by atoms with Crippen LogP contribution in [0, 0.1) is 13.8 Å². The first kappa shape index (κ1) is 19.5. The molecule has 7 nitrogen and oxygen atoms in total. The fourth-order valence-electron chi connectivity index (χ4n) is 2.22. The molecule has 0 fully saturated rings. The second-order valence-electron chi connectivity index (χ2n) is 5.86. The molecule has 1 amide bonds. The van der Waals surface area contributed by atoms with E-state index in [4.69, 9.17) is 4.74 Å². The number of esters is 1. The van der Waals surface area contributed by atoms with Crippen molar-refractivity contribution in [3.63, 3.8) is 0 Å². The van der Waals surface area contributed by atoms with Crippen molar-refractivity contribution in [1.82, 2.24) is 0 Å². The van der Waals surface area contributed by atoms with E-state index in [1.54, 1.807) is 12.1 Å². The van der Waals surface area contributed by atoms with E-state index in [0.29, 0.717) is 5.69 Å². The molecular weight excluding hydrogens is 356 g/mol. The Labute approximate surface area is 152 Å². The molecule has 2 aromatic rings. The Kier molecular flexibility index (Phi) is 5.99. The Balaban J connectivity index is 2.03. The molecule has 2 rings (SSSR count). The van der Waals surface area contributed by atoms with Gasteiger partial charge in [-0.1, -0.05) is 24.3 Å². The minimum atomic E-state index is -3.55. The lowest BCUT2D eigenvalue weighted by atomic mass is 10.1. The number of amides is 1. The largest absolute Gasteiger partial charge is 0.452 e. The molecule has 0 bridgehead atoms. The quantitative estimate of drug-likeness (QED) is 0.754. The monoisotopic (exact) mass is 376 g/mol. The molecule has 0 radical (unpaired) electrons. The van der Waals surface area contributed by atoms with Crippen molar-refractivity contribution >= 4 is 33.3 Å². The highest BCUT2D eigenvalue weighted by atomic mass is 32.2. The molecule has 0 aliphatic rings. The molecule has 0 aliphatic heterocycles. The van der Waals surface area contributed by atoms with Gasteiger partial charge in [-0.25, -0.2) is 13.2 Å². The van der Waals surface area contributed by atoms with E-state index >= 15 is 0 Å². The number of carbonyl (C=O) groups excluding carboxylic acids is 2. The van der Waals surface area contributed by atoms with Crippen molar-refractivity contribution in [2.24, 2.45) is 0 Å². The normalized spacial score (nSPS) is 10.9. The van der Waals surface area contributed by atoms with Gasteiger partial charge in [0, 0.05) is 5.69 Å². The summed E-state index contributed by atoms with van der Waals surface area (Å²) in [5.41, 5.74) is 2.64. The SMILES string of the molecule is Cc1ccc(C)c(NC(=O)COC(=O)c2ccccc2NS(C)(=O)=O)c1. The van der Waals surface area contributed by atoms with E-state index in [1.165, 1.54) is 12.1 Å². The van der Waals surface area contributed by atoms with Gasteiger partial charge in [-0.05, 0) is 43.2 Å². The molecule has 0 saturated carbocycles. The van der Waals surface area contributed by atoms with Gasteiger partial charge in [-0.2, -0.15) is 0 Å². The van der Waals surface area contributed by atoms with Crippen molar-refractivity contribution in [3.8, 4) is 0 Å². The maximum absolute atomic E-state index is 12.2. The standard InChI is InChI=1S/C18H20N2O5S/c1-12-8-9-13(2)16(10-12)19-17(21)11-25-18(22)14-6-4-5-7-15(14)20-26(3,23)24/h4-10,20H,11H2,1-3H3,(H,19,21). The highest BCUT2D eigenvalue weighted by molar-refractivity contribution is 7.92. The summed E-state index contributed by atoms with van der Waals surface area (Å²) >= 11 is 0. The first-order chi connectivity index (χ1) is 12.2. The van der Waals surface area contributed by atoms with Crippen LogP contribution in [-0.4, -0.2) is 33.2 Å². The van der Waals surface area contributed by atoms with E-state index in [1.807, 2.05) is 32.0 Å². The Morgan fingerprint density at radius 2 is 1.73 bits per heavy atom. The van der Waals surface area contributed by atoms with Gasteiger partial charge in [0.1, 0.15) is 0 Å². The molecule has 26 heavy (non-hydrogen) atoms. The number of para-hydroxylation sites is 1. The van der Waals surface area contributed by atoms with E-state index in [9.17, 15) is 18.0 Å². The Bertz CT molecular complexity index is 938. The van der Waals surface area contributed by atoms with Crippen LogP contribution >= 0.6 is 0 Å². The second-order valence-corrected chi connectivity index (χ2v) is 7.61. The first-order valence-electron chi connectivity index (χ1n) is 7.77. The predicted molar refractivity (Wildman–Crippen MR) is 99.7 cm³/mol. The van der Waals surface area contributed by atoms with Crippen molar-refractivity contribution in [3.05, 3.63) is 59.2 Å². The smallest absolute Gasteiger partial charge is 0.340 e. The summed E-state index contributed by atoms with van der Waals surface area (Å²) in [6.45, 7) is 3.27. The Morgan fingerprint density at radius 1 is 1.04 bits per heavy atom. The number of hydrogen-bond acceptors (Lipinski definition) is 5. The van der Waals surface area contributed by atoms with Crippen LogP contribution in [0.3, 0.4) is 0 Å². The number of aryl methyl sites for hydroxylation is 2. The van der Waals surface area contributed by atoms with E-state index in [2.05, 4.69) is 10.0 Å². The van der Waals surface area contributed by atoms with Crippen molar-refractivity contribution in [2.45, 2.75) is 13.8 Å². The predicted octanol–water partition coefficient (Wildman–Crippen LogP) is 2.47. The maximum atomic E-state index is 12.2. The van der Waals surface area contributed by atoms with Crippen LogP contribution in [0.1, 0.15) is 21.5 Å². The Morgan fingerprint density at radius 3 is 2.42 bits per heavy atom. The minimum Gasteiger partial charge on any atom is -0.452 e. The van der Waals surface area contributed by atoms with Crippen LogP contribution in [0.2, 0.25) is 0 Å². The van der Waals surface area contributed by atoms with Crippen LogP contribution in [-0.2, 0) is 19.6 Å². The van der Waals surface area contributed by atoms with Gasteiger partial charge in [0.25, 0.3) is 5.91 Å². The number of ether oxygens (including phenoxy) is 1. The summed E-state index contributed by atoms with van der Waals surface area (Å²) in [5.74, 6) is -1.28. The number of carbonyl (C=O) groups is 2. The zero-order chi connectivity index (χ0) is 19.3.